The summed E-state index contributed by atoms with van der Waals surface area (Å²) in [6.07, 6.45) is 5.54. The minimum absolute atomic E-state index is 0.270. The molecule has 1 saturated heterocycles. The Labute approximate surface area is 112 Å². The topological polar surface area (TPSA) is 75.4 Å². The van der Waals surface area contributed by atoms with Crippen LogP contribution in [-0.4, -0.2) is 47.0 Å². The lowest BCUT2D eigenvalue weighted by Gasteiger charge is -2.43. The van der Waals surface area contributed by atoms with Crippen LogP contribution in [0.5, 0.6) is 0 Å². The minimum atomic E-state index is -0.759. The minimum Gasteiger partial charge on any atom is -0.351 e. The van der Waals surface area contributed by atoms with E-state index in [1.165, 1.54) is 25.7 Å². The Kier molecular flexibility index (Phi) is 4.88. The lowest BCUT2D eigenvalue weighted by atomic mass is 9.93. The molecule has 2 atom stereocenters. The van der Waals surface area contributed by atoms with Crippen LogP contribution < -0.4 is 11.1 Å². The number of urea groups is 1. The van der Waals surface area contributed by atoms with Gasteiger partial charge in [0.1, 0.15) is 0 Å². The van der Waals surface area contributed by atoms with E-state index in [2.05, 4.69) is 22.0 Å². The normalized spacial score (nSPS) is 28.4. The largest absolute Gasteiger partial charge is 0.351 e. The molecule has 102 valence electrons. The van der Waals surface area contributed by atoms with Gasteiger partial charge >= 0.3 is 6.03 Å². The summed E-state index contributed by atoms with van der Waals surface area (Å²) in [5, 5.41) is 2.86. The second-order valence-electron chi connectivity index (χ2n) is 4.96. The van der Waals surface area contributed by atoms with E-state index in [4.69, 9.17) is 5.73 Å². The first-order valence-electron chi connectivity index (χ1n) is 6.62. The van der Waals surface area contributed by atoms with Crippen LogP contribution in [-0.2, 0) is 4.79 Å². The number of hydrogen-bond acceptors (Lipinski definition) is 4. The first kappa shape index (κ1) is 13.7. The summed E-state index contributed by atoms with van der Waals surface area (Å²) < 4.78 is 0. The summed E-state index contributed by atoms with van der Waals surface area (Å²) in [5.41, 5.74) is 4.92. The summed E-state index contributed by atoms with van der Waals surface area (Å²) >= 11 is 2.08. The zero-order chi connectivity index (χ0) is 13.0. The molecule has 0 bridgehead atoms. The summed E-state index contributed by atoms with van der Waals surface area (Å²) in [4.78, 5) is 24.4. The number of hydrogen-bond donors (Lipinski definition) is 2. The number of imide groups is 1. The van der Waals surface area contributed by atoms with Crippen LogP contribution in [0.4, 0.5) is 4.79 Å². The molecule has 1 saturated carbocycles. The van der Waals surface area contributed by atoms with E-state index in [-0.39, 0.29) is 5.91 Å². The van der Waals surface area contributed by atoms with Crippen LogP contribution in [0.15, 0.2) is 0 Å². The molecule has 18 heavy (non-hydrogen) atoms. The van der Waals surface area contributed by atoms with Gasteiger partial charge in [0, 0.05) is 36.6 Å². The van der Waals surface area contributed by atoms with Gasteiger partial charge in [-0.3, -0.25) is 15.0 Å². The van der Waals surface area contributed by atoms with Crippen molar-refractivity contribution in [2.75, 3.05) is 18.8 Å². The van der Waals surface area contributed by atoms with E-state index in [1.54, 1.807) is 0 Å². The van der Waals surface area contributed by atoms with Crippen LogP contribution in [0.3, 0.4) is 0 Å². The van der Waals surface area contributed by atoms with E-state index < -0.39 is 6.03 Å². The summed E-state index contributed by atoms with van der Waals surface area (Å²) in [6, 6.07) is -0.136. The number of rotatable bonds is 3. The predicted molar refractivity (Wildman–Crippen MR) is 72.4 cm³/mol. The maximum Gasteiger partial charge on any atom is 0.318 e. The van der Waals surface area contributed by atoms with Crippen molar-refractivity contribution >= 4 is 23.7 Å². The molecule has 5 nitrogen and oxygen atoms in total. The van der Waals surface area contributed by atoms with Gasteiger partial charge in [0.25, 0.3) is 0 Å². The van der Waals surface area contributed by atoms with E-state index in [1.807, 2.05) is 0 Å². The van der Waals surface area contributed by atoms with Crippen molar-refractivity contribution in [2.45, 2.75) is 43.4 Å². The average Bonchev–Trinajstić information content (AvgIpc) is 2.35. The molecule has 2 aliphatic rings. The Morgan fingerprint density at radius 3 is 2.89 bits per heavy atom. The number of amides is 3. The molecule has 1 aliphatic heterocycles. The average molecular weight is 271 g/mol. The Hall–Kier alpha value is -0.750. The van der Waals surface area contributed by atoms with E-state index in [0.29, 0.717) is 12.5 Å². The van der Waals surface area contributed by atoms with Crippen molar-refractivity contribution in [3.05, 3.63) is 0 Å². The Bertz CT molecular complexity index is 322. The van der Waals surface area contributed by atoms with Crippen LogP contribution in [0.25, 0.3) is 0 Å². The van der Waals surface area contributed by atoms with Crippen molar-refractivity contribution in [1.29, 1.82) is 0 Å². The third kappa shape index (κ3) is 3.62. The quantitative estimate of drug-likeness (QED) is 0.801. The number of carbonyl (C=O) groups is 2. The van der Waals surface area contributed by atoms with Crippen molar-refractivity contribution < 1.29 is 9.59 Å². The Balaban J connectivity index is 1.80. The molecular weight excluding hydrogens is 250 g/mol. The van der Waals surface area contributed by atoms with Gasteiger partial charge in [0.15, 0.2) is 0 Å². The number of fused-ring (bicyclic) bond motifs is 1. The van der Waals surface area contributed by atoms with Gasteiger partial charge in [-0.25, -0.2) is 4.79 Å². The third-order valence-corrected chi connectivity index (χ3v) is 5.13. The molecule has 3 N–H and O–H groups in total. The summed E-state index contributed by atoms with van der Waals surface area (Å²) in [5.74, 6) is 0.881. The van der Waals surface area contributed by atoms with Crippen molar-refractivity contribution in [2.24, 2.45) is 5.73 Å². The molecule has 3 amide bonds. The first-order valence-corrected chi connectivity index (χ1v) is 7.66. The smallest absolute Gasteiger partial charge is 0.318 e. The lowest BCUT2D eigenvalue weighted by molar-refractivity contribution is -0.120. The molecule has 0 aromatic carbocycles. The molecule has 0 aromatic rings. The molecule has 6 heteroatoms. The molecule has 1 aliphatic carbocycles. The standard InChI is InChI=1S/C12H21N3O2S/c13-12(17)14-11(16)5-6-15-7-8-18-10-4-2-1-3-9(10)15/h9-10H,1-8H2,(H3,13,14,16,17)/t9-,10-/m0/s1. The van der Waals surface area contributed by atoms with Gasteiger partial charge in [-0.15, -0.1) is 0 Å². The van der Waals surface area contributed by atoms with Crippen LogP contribution in [0.2, 0.25) is 0 Å². The predicted octanol–water partition coefficient (Wildman–Crippen LogP) is 0.931. The Morgan fingerprint density at radius 2 is 2.11 bits per heavy atom. The number of nitrogens with zero attached hydrogens (tertiary/aromatic N) is 1. The first-order chi connectivity index (χ1) is 8.66. The highest BCUT2D eigenvalue weighted by Crippen LogP contribution is 2.35. The summed E-state index contributed by atoms with van der Waals surface area (Å²) in [7, 11) is 0. The molecule has 0 unspecified atom stereocenters. The second-order valence-corrected chi connectivity index (χ2v) is 6.31. The molecule has 2 fully saturated rings. The lowest BCUT2D eigenvalue weighted by Crippen LogP contribution is -2.50. The van der Waals surface area contributed by atoms with Crippen molar-refractivity contribution in [1.82, 2.24) is 10.2 Å². The molecule has 0 aromatic heterocycles. The zero-order valence-corrected chi connectivity index (χ0v) is 11.4. The van der Waals surface area contributed by atoms with Gasteiger partial charge in [-0.05, 0) is 12.8 Å². The number of nitrogens with one attached hydrogen (secondary N) is 1. The van der Waals surface area contributed by atoms with Gasteiger partial charge in [-0.1, -0.05) is 12.8 Å². The second kappa shape index (κ2) is 6.43. The SMILES string of the molecule is NC(=O)NC(=O)CCN1CCS[C@H]2CCCC[C@@H]21. The van der Waals surface area contributed by atoms with Crippen molar-refractivity contribution in [3.63, 3.8) is 0 Å². The van der Waals surface area contributed by atoms with E-state index in [9.17, 15) is 9.59 Å². The fraction of sp³-hybridized carbons (Fsp3) is 0.833. The number of nitrogens with two attached hydrogens (primary N) is 1. The molecule has 0 radical (unpaired) electrons. The number of carbonyl (C=O) groups excluding carboxylic acids is 2. The molecule has 1 heterocycles. The van der Waals surface area contributed by atoms with E-state index in [0.717, 1.165) is 24.1 Å². The molecule has 0 spiro atoms. The molecular formula is C12H21N3O2S. The highest BCUT2D eigenvalue weighted by atomic mass is 32.2. The maximum atomic E-state index is 11.4. The van der Waals surface area contributed by atoms with Crippen LogP contribution in [0, 0.1) is 0 Å². The maximum absolute atomic E-state index is 11.4. The van der Waals surface area contributed by atoms with Gasteiger partial charge in [0.05, 0.1) is 0 Å². The Morgan fingerprint density at radius 1 is 1.33 bits per heavy atom. The number of thioether (sulfide) groups is 1. The zero-order valence-electron chi connectivity index (χ0n) is 10.6. The summed E-state index contributed by atoms with van der Waals surface area (Å²) in [6.45, 7) is 1.79. The molecule has 2 rings (SSSR count). The third-order valence-electron chi connectivity index (χ3n) is 3.74. The highest BCUT2D eigenvalue weighted by Gasteiger charge is 2.33. The number of primary amides is 1. The van der Waals surface area contributed by atoms with Gasteiger partial charge in [0.2, 0.25) is 5.91 Å². The van der Waals surface area contributed by atoms with Crippen LogP contribution >= 0.6 is 11.8 Å². The van der Waals surface area contributed by atoms with Gasteiger partial charge in [-0.2, -0.15) is 11.8 Å². The van der Waals surface area contributed by atoms with Gasteiger partial charge < -0.3 is 5.73 Å². The fourth-order valence-electron chi connectivity index (χ4n) is 2.90. The van der Waals surface area contributed by atoms with E-state index >= 15 is 0 Å². The monoisotopic (exact) mass is 271 g/mol. The van der Waals surface area contributed by atoms with Crippen molar-refractivity contribution in [3.8, 4) is 0 Å². The highest BCUT2D eigenvalue weighted by molar-refractivity contribution is 8.00. The van der Waals surface area contributed by atoms with Crippen LogP contribution in [0.1, 0.15) is 32.1 Å². The fourth-order valence-corrected chi connectivity index (χ4v) is 4.41.